The van der Waals surface area contributed by atoms with E-state index < -0.39 is 5.69 Å². The number of phenols is 1. The second-order valence-electron chi connectivity index (χ2n) is 6.75. The summed E-state index contributed by atoms with van der Waals surface area (Å²) in [4.78, 5) is 25.3. The van der Waals surface area contributed by atoms with Crippen LogP contribution in [0.2, 0.25) is 5.02 Å². The molecule has 0 saturated heterocycles. The number of aromatic hydroxyl groups is 1. The van der Waals surface area contributed by atoms with Crippen molar-refractivity contribution in [1.82, 2.24) is 19.5 Å². The van der Waals surface area contributed by atoms with E-state index >= 15 is 0 Å². The number of nitrogens with two attached hydrogens (primary N) is 1. The topological polar surface area (TPSA) is 128 Å². The van der Waals surface area contributed by atoms with Gasteiger partial charge >= 0.3 is 5.69 Å². The van der Waals surface area contributed by atoms with Gasteiger partial charge in [-0.2, -0.15) is 9.97 Å². The average Bonchev–Trinajstić information content (AvgIpc) is 3.18. The molecule has 4 N–H and O–H groups in total. The number of nitrogens with one attached hydrogen (secondary N) is 1. The molecule has 2 aromatic heterocycles. The minimum Gasteiger partial charge on any atom is -0.506 e. The number of ether oxygens (including phenoxy) is 1. The van der Waals surface area contributed by atoms with Crippen molar-refractivity contribution in [3.8, 4) is 11.4 Å². The van der Waals surface area contributed by atoms with Gasteiger partial charge in [0.15, 0.2) is 5.65 Å². The molecule has 3 heterocycles. The lowest BCUT2D eigenvalue weighted by molar-refractivity contribution is 0.134. The molecule has 2 aromatic carbocycles. The predicted octanol–water partition coefficient (Wildman–Crippen LogP) is 2.89. The fourth-order valence-electron chi connectivity index (χ4n) is 3.38. The summed E-state index contributed by atoms with van der Waals surface area (Å²) >= 11 is 6.16. The average molecular weight is 423 g/mol. The Morgan fingerprint density at radius 1 is 1.17 bits per heavy atom. The summed E-state index contributed by atoms with van der Waals surface area (Å²) < 4.78 is 6.46. The minimum atomic E-state index is -0.720. The quantitative estimate of drug-likeness (QED) is 0.459. The Labute approximate surface area is 174 Å². The molecular weight excluding hydrogens is 408 g/mol. The van der Waals surface area contributed by atoms with Crippen LogP contribution in [0.3, 0.4) is 0 Å². The standard InChI is InChI=1S/C20H15ClN6O3/c21-14-2-1-3-15(28)16(14)27-17(22)13-7-23-19(25-18(13)26-20(27)29)24-12-5-4-10-8-30-9-11(10)6-12/h1-7,28H,8-9,22H2,(H,24,25,26,29). The van der Waals surface area contributed by atoms with Crippen molar-refractivity contribution in [1.29, 1.82) is 0 Å². The molecule has 1 aliphatic heterocycles. The number of halogens is 1. The Hall–Kier alpha value is -3.69. The van der Waals surface area contributed by atoms with E-state index in [-0.39, 0.29) is 33.9 Å². The molecule has 0 amide bonds. The zero-order valence-electron chi connectivity index (χ0n) is 15.5. The largest absolute Gasteiger partial charge is 0.506 e. The second-order valence-corrected chi connectivity index (χ2v) is 7.16. The van der Waals surface area contributed by atoms with Gasteiger partial charge in [0.05, 0.1) is 23.6 Å². The maximum Gasteiger partial charge on any atom is 0.356 e. The molecule has 0 bridgehead atoms. The number of anilines is 3. The van der Waals surface area contributed by atoms with Gasteiger partial charge in [-0.05, 0) is 35.4 Å². The van der Waals surface area contributed by atoms with E-state index in [9.17, 15) is 9.90 Å². The van der Waals surface area contributed by atoms with Crippen molar-refractivity contribution in [2.24, 2.45) is 0 Å². The van der Waals surface area contributed by atoms with E-state index in [0.717, 1.165) is 21.4 Å². The molecule has 4 aromatic rings. The highest BCUT2D eigenvalue weighted by molar-refractivity contribution is 6.32. The number of rotatable bonds is 3. The van der Waals surface area contributed by atoms with E-state index in [1.807, 2.05) is 18.2 Å². The maximum atomic E-state index is 12.7. The molecular formula is C20H15ClN6O3. The smallest absolute Gasteiger partial charge is 0.356 e. The van der Waals surface area contributed by atoms with Crippen molar-refractivity contribution in [3.63, 3.8) is 0 Å². The van der Waals surface area contributed by atoms with Gasteiger partial charge in [-0.15, -0.1) is 0 Å². The number of phenolic OH excluding ortho intramolecular Hbond substituents is 1. The summed E-state index contributed by atoms with van der Waals surface area (Å²) in [5.41, 5.74) is 8.70. The minimum absolute atomic E-state index is 0.0228. The van der Waals surface area contributed by atoms with Crippen LogP contribution < -0.4 is 16.7 Å². The number of benzene rings is 2. The number of para-hydroxylation sites is 1. The molecule has 5 rings (SSSR count). The number of aromatic nitrogens is 4. The Balaban J connectivity index is 1.57. The SMILES string of the molecule is Nc1c2cnc(Nc3ccc4c(c3)COC4)nc2nc(=O)n1-c1c(O)cccc1Cl. The fourth-order valence-corrected chi connectivity index (χ4v) is 3.64. The fraction of sp³-hybridized carbons (Fsp3) is 0.100. The van der Waals surface area contributed by atoms with Crippen molar-refractivity contribution < 1.29 is 9.84 Å². The van der Waals surface area contributed by atoms with Crippen molar-refractivity contribution in [2.75, 3.05) is 11.1 Å². The summed E-state index contributed by atoms with van der Waals surface area (Å²) in [7, 11) is 0. The molecule has 0 radical (unpaired) electrons. The zero-order valence-corrected chi connectivity index (χ0v) is 16.2. The molecule has 9 nitrogen and oxygen atoms in total. The number of fused-ring (bicyclic) bond motifs is 2. The van der Waals surface area contributed by atoms with Crippen LogP contribution in [0.1, 0.15) is 11.1 Å². The number of hydrogen-bond donors (Lipinski definition) is 3. The third kappa shape index (κ3) is 3.00. The first-order chi connectivity index (χ1) is 14.5. The highest BCUT2D eigenvalue weighted by Crippen LogP contribution is 2.31. The lowest BCUT2D eigenvalue weighted by atomic mass is 10.1. The molecule has 0 saturated carbocycles. The molecule has 1 aliphatic rings. The summed E-state index contributed by atoms with van der Waals surface area (Å²) in [6.45, 7) is 1.18. The molecule has 0 atom stereocenters. The van der Waals surface area contributed by atoms with Gasteiger partial charge in [-0.25, -0.2) is 14.3 Å². The predicted molar refractivity (Wildman–Crippen MR) is 112 cm³/mol. The third-order valence-corrected chi connectivity index (χ3v) is 5.15. The third-order valence-electron chi connectivity index (χ3n) is 4.84. The van der Waals surface area contributed by atoms with E-state index in [1.54, 1.807) is 6.07 Å². The summed E-state index contributed by atoms with van der Waals surface area (Å²) in [6.07, 6.45) is 1.47. The van der Waals surface area contributed by atoms with Gasteiger partial charge in [0.1, 0.15) is 17.3 Å². The lowest BCUT2D eigenvalue weighted by Crippen LogP contribution is -2.25. The zero-order chi connectivity index (χ0) is 20.8. The lowest BCUT2D eigenvalue weighted by Gasteiger charge is -2.14. The summed E-state index contributed by atoms with van der Waals surface area (Å²) in [5, 5.41) is 13.8. The Kier molecular flexibility index (Phi) is 4.27. The number of nitrogens with zero attached hydrogens (tertiary/aromatic N) is 4. The van der Waals surface area contributed by atoms with Crippen molar-refractivity contribution in [2.45, 2.75) is 13.2 Å². The maximum absolute atomic E-state index is 12.7. The van der Waals surface area contributed by atoms with Crippen LogP contribution in [0.15, 0.2) is 47.4 Å². The van der Waals surface area contributed by atoms with Crippen molar-refractivity contribution >= 4 is 40.1 Å². The molecule has 0 spiro atoms. The van der Waals surface area contributed by atoms with Crippen LogP contribution in [0.5, 0.6) is 5.75 Å². The van der Waals surface area contributed by atoms with Crippen LogP contribution in [0.25, 0.3) is 16.7 Å². The van der Waals surface area contributed by atoms with Crippen LogP contribution in [-0.2, 0) is 18.0 Å². The van der Waals surface area contributed by atoms with Gasteiger partial charge in [-0.1, -0.05) is 23.7 Å². The molecule has 0 aliphatic carbocycles. The first kappa shape index (κ1) is 18.3. The number of nitrogen functional groups attached to an aromatic ring is 1. The molecule has 0 fully saturated rings. The van der Waals surface area contributed by atoms with Crippen LogP contribution >= 0.6 is 11.6 Å². The van der Waals surface area contributed by atoms with E-state index in [1.165, 1.54) is 18.3 Å². The molecule has 30 heavy (non-hydrogen) atoms. The second kappa shape index (κ2) is 6.97. The van der Waals surface area contributed by atoms with Crippen molar-refractivity contribution in [3.05, 3.63) is 69.2 Å². The van der Waals surface area contributed by atoms with Gasteiger partial charge in [0.25, 0.3) is 0 Å². The van der Waals surface area contributed by atoms with E-state index in [2.05, 4.69) is 20.3 Å². The normalized spacial score (nSPS) is 12.8. The van der Waals surface area contributed by atoms with Gasteiger partial charge in [0, 0.05) is 11.9 Å². The Bertz CT molecular complexity index is 1350. The first-order valence-corrected chi connectivity index (χ1v) is 9.39. The van der Waals surface area contributed by atoms with Gasteiger partial charge < -0.3 is 20.9 Å². The van der Waals surface area contributed by atoms with Crippen LogP contribution in [-0.4, -0.2) is 24.6 Å². The van der Waals surface area contributed by atoms with Crippen LogP contribution in [0, 0.1) is 0 Å². The highest BCUT2D eigenvalue weighted by atomic mass is 35.5. The summed E-state index contributed by atoms with van der Waals surface area (Å²) in [6, 6.07) is 10.4. The summed E-state index contributed by atoms with van der Waals surface area (Å²) in [5.74, 6) is 0.0953. The van der Waals surface area contributed by atoms with E-state index in [4.69, 9.17) is 22.1 Å². The Morgan fingerprint density at radius 2 is 2.00 bits per heavy atom. The molecule has 150 valence electrons. The van der Waals surface area contributed by atoms with Crippen LogP contribution in [0.4, 0.5) is 17.5 Å². The highest BCUT2D eigenvalue weighted by Gasteiger charge is 2.18. The number of hydrogen-bond acceptors (Lipinski definition) is 8. The first-order valence-electron chi connectivity index (χ1n) is 9.01. The Morgan fingerprint density at radius 3 is 2.83 bits per heavy atom. The van der Waals surface area contributed by atoms with Gasteiger partial charge in [-0.3, -0.25) is 0 Å². The molecule has 10 heteroatoms. The van der Waals surface area contributed by atoms with Gasteiger partial charge in [0.2, 0.25) is 5.95 Å². The monoisotopic (exact) mass is 422 g/mol. The molecule has 0 unspecified atom stereocenters. The van der Waals surface area contributed by atoms with E-state index in [0.29, 0.717) is 18.6 Å².